The van der Waals surface area contributed by atoms with Crippen molar-refractivity contribution in [2.24, 2.45) is 0 Å². The number of aromatic nitrogens is 1. The van der Waals surface area contributed by atoms with Gasteiger partial charge in [-0.1, -0.05) is 29.8 Å². The first kappa shape index (κ1) is 38.9. The molecule has 1 aromatic carbocycles. The van der Waals surface area contributed by atoms with Crippen molar-refractivity contribution in [3.05, 3.63) is 58.9 Å². The Kier molecular flexibility index (Phi) is 16.3. The van der Waals surface area contributed by atoms with Crippen molar-refractivity contribution < 1.29 is 11.0 Å². The van der Waals surface area contributed by atoms with Crippen LogP contribution in [0.4, 0.5) is 0 Å². The zero-order valence-corrected chi connectivity index (χ0v) is 37.0. The monoisotopic (exact) mass is 996 g/mol. The third-order valence-electron chi connectivity index (χ3n) is 6.77. The van der Waals surface area contributed by atoms with E-state index in [4.69, 9.17) is 9.72 Å². The van der Waals surface area contributed by atoms with Crippen molar-refractivity contribution in [3.63, 3.8) is 0 Å². The molecule has 223 valence electrons. The van der Waals surface area contributed by atoms with Gasteiger partial charge in [-0.25, -0.2) is 4.98 Å². The number of pyridine rings is 1. The van der Waals surface area contributed by atoms with Gasteiger partial charge in [0.25, 0.3) is 0 Å². The van der Waals surface area contributed by atoms with Crippen LogP contribution in [-0.4, -0.2) is 25.6 Å². The fraction of sp³-hybridized carbons (Fsp3) is 0.645. The molecular formula is C31H53I3MoNOP2+2. The van der Waals surface area contributed by atoms with Gasteiger partial charge in [0.1, 0.15) is 24.7 Å². The number of halogens is 3. The molecule has 1 heterocycles. The fourth-order valence-corrected chi connectivity index (χ4v) is 13.1. The summed E-state index contributed by atoms with van der Waals surface area (Å²) in [6.07, 6.45) is 1.69. The first-order valence-corrected chi connectivity index (χ1v) is 35.0. The molecule has 0 saturated carbocycles. The Balaban J connectivity index is 0.00000177. The van der Waals surface area contributed by atoms with Gasteiger partial charge in [0, 0.05) is 28.0 Å². The molecule has 2 aromatic rings. The maximum atomic E-state index is 6.40. The van der Waals surface area contributed by atoms with Gasteiger partial charge in [-0.15, -0.1) is 0 Å². The molecule has 0 bridgehead atoms. The zero-order chi connectivity index (χ0) is 30.4. The van der Waals surface area contributed by atoms with Crippen LogP contribution < -0.4 is 4.74 Å². The van der Waals surface area contributed by atoms with Gasteiger partial charge in [-0.2, -0.15) is 0 Å². The Labute approximate surface area is 280 Å². The minimum atomic E-state index is -0.726. The molecule has 0 unspecified atom stereocenters. The molecule has 0 spiro atoms. The quantitative estimate of drug-likeness (QED) is 0.157. The summed E-state index contributed by atoms with van der Waals surface area (Å²) in [5.74, 6) is 0.971. The molecule has 0 amide bonds. The number of hydrogen-bond donors (Lipinski definition) is 0. The van der Waals surface area contributed by atoms with Crippen LogP contribution >= 0.6 is 73.9 Å². The molecule has 2 nitrogen and oxygen atoms in total. The molecular weight excluding hydrogens is 941 g/mol. The summed E-state index contributed by atoms with van der Waals surface area (Å²) in [6.45, 7) is 31.6. The number of benzene rings is 1. The SMILES string of the molecule is Cc1ccc(COc2cc(C[PH+](C(C)(C)C)C(C)(C)C)nc(C[PH+](C(C)(C)C)C(C)(C)C)c2)cc1.[I][Mo]([I])[I]. The summed E-state index contributed by atoms with van der Waals surface area (Å²) >= 11 is 7.46. The van der Waals surface area contributed by atoms with Crippen molar-refractivity contribution >= 4 is 73.9 Å². The van der Waals surface area contributed by atoms with E-state index < -0.39 is 22.1 Å². The summed E-state index contributed by atoms with van der Waals surface area (Å²) in [5, 5.41) is 1.20. The second-order valence-electron chi connectivity index (χ2n) is 14.5. The van der Waals surface area contributed by atoms with Gasteiger partial charge < -0.3 is 4.74 Å². The molecule has 2 rings (SSSR count). The molecule has 1 aromatic heterocycles. The molecule has 0 atom stereocenters. The van der Waals surface area contributed by atoms with E-state index in [2.05, 4.69) is 184 Å². The van der Waals surface area contributed by atoms with Crippen LogP contribution in [0, 0.1) is 6.92 Å². The number of aryl methyl sites for hydroxylation is 1. The van der Waals surface area contributed by atoms with E-state index in [1.807, 2.05) is 0 Å². The molecule has 0 radical (unpaired) electrons. The first-order valence-electron chi connectivity index (χ1n) is 13.6. The van der Waals surface area contributed by atoms with Gasteiger partial charge in [0.2, 0.25) is 0 Å². The third kappa shape index (κ3) is 15.5. The Morgan fingerprint density at radius 3 is 1.31 bits per heavy atom. The second-order valence-corrected chi connectivity index (χ2v) is 69.6. The van der Waals surface area contributed by atoms with Crippen molar-refractivity contribution in [1.29, 1.82) is 0 Å². The summed E-state index contributed by atoms with van der Waals surface area (Å²) in [5.41, 5.74) is 4.91. The van der Waals surface area contributed by atoms with Crippen molar-refractivity contribution in [1.82, 2.24) is 4.98 Å². The predicted octanol–water partition coefficient (Wildman–Crippen LogP) is 12.2. The van der Waals surface area contributed by atoms with Gasteiger partial charge in [0.15, 0.2) is 0 Å². The topological polar surface area (TPSA) is 22.1 Å². The van der Waals surface area contributed by atoms with E-state index in [-0.39, 0.29) is 0 Å². The Morgan fingerprint density at radius 1 is 0.667 bits per heavy atom. The van der Waals surface area contributed by atoms with Crippen LogP contribution in [0.1, 0.15) is 106 Å². The third-order valence-corrected chi connectivity index (χ3v) is 15.4. The number of hydrogen-bond acceptors (Lipinski definition) is 2. The summed E-state index contributed by atoms with van der Waals surface area (Å²) in [6, 6.07) is 13.1. The average molecular weight is 994 g/mol. The second kappa shape index (κ2) is 16.3. The molecule has 0 aliphatic heterocycles. The Bertz CT molecular complexity index is 938. The molecule has 0 aliphatic carbocycles. The van der Waals surface area contributed by atoms with E-state index in [1.54, 1.807) is 0 Å². The summed E-state index contributed by atoms with van der Waals surface area (Å²) in [4.78, 5) is 5.30. The standard InChI is InChI=1S/C31H51NOP2.3HI.Mo/c1-23-14-16-24(17-15-23)20-33-27-18-25(21-34(28(2,3)4)29(5,6)7)32-26(19-27)22-35(30(8,9)10)31(11,12)13;;;;/h14-19H,20-22H2,1-13H3;3*1H;/q;;;;+3/p-1. The van der Waals surface area contributed by atoms with Crippen LogP contribution in [0.3, 0.4) is 0 Å². The summed E-state index contributed by atoms with van der Waals surface area (Å²) in [7, 11) is -1.45. The van der Waals surface area contributed by atoms with Crippen LogP contribution in [0.5, 0.6) is 5.75 Å². The zero-order valence-electron chi connectivity index (χ0n) is 26.5. The normalized spacial score (nSPS) is 13.1. The predicted molar refractivity (Wildman–Crippen MR) is 205 cm³/mol. The van der Waals surface area contributed by atoms with Gasteiger partial charge in [-0.05, 0) is 95.6 Å². The van der Waals surface area contributed by atoms with E-state index in [0.29, 0.717) is 27.2 Å². The van der Waals surface area contributed by atoms with Crippen molar-refractivity contribution in [3.8, 4) is 5.75 Å². The van der Waals surface area contributed by atoms with E-state index in [9.17, 15) is 0 Å². The Hall–Kier alpha value is 1.91. The van der Waals surface area contributed by atoms with Crippen molar-refractivity contribution in [2.45, 2.75) is 130 Å². The summed E-state index contributed by atoms with van der Waals surface area (Å²) < 4.78 is 6.40. The van der Waals surface area contributed by atoms with E-state index in [0.717, 1.165) is 18.1 Å². The number of nitrogens with zero attached hydrogens (tertiary/aromatic N) is 1. The molecule has 0 N–H and O–H groups in total. The van der Waals surface area contributed by atoms with Gasteiger partial charge in [0.05, 0.1) is 32.0 Å². The van der Waals surface area contributed by atoms with E-state index >= 15 is 0 Å². The van der Waals surface area contributed by atoms with Crippen LogP contribution in [0.25, 0.3) is 0 Å². The molecule has 8 heteroatoms. The minimum absolute atomic E-state index is 0.301. The number of ether oxygens (including phenoxy) is 1. The van der Waals surface area contributed by atoms with Gasteiger partial charge >= 0.3 is 64.3 Å². The van der Waals surface area contributed by atoms with Crippen LogP contribution in [0.15, 0.2) is 36.4 Å². The number of rotatable bonds is 7. The average Bonchev–Trinajstić information content (AvgIpc) is 2.72. The fourth-order valence-electron chi connectivity index (χ4n) is 5.41. The van der Waals surface area contributed by atoms with Gasteiger partial charge in [-0.3, -0.25) is 0 Å². The van der Waals surface area contributed by atoms with Crippen LogP contribution in [0.2, 0.25) is 0 Å². The molecule has 0 aliphatic rings. The first-order chi connectivity index (χ1) is 17.5. The Morgan fingerprint density at radius 2 is 1.00 bits per heavy atom. The van der Waals surface area contributed by atoms with E-state index in [1.165, 1.54) is 22.5 Å². The molecule has 39 heavy (non-hydrogen) atoms. The van der Waals surface area contributed by atoms with Crippen LogP contribution in [-0.2, 0) is 25.2 Å². The molecule has 0 saturated heterocycles. The molecule has 0 fully saturated rings. The van der Waals surface area contributed by atoms with Crippen molar-refractivity contribution in [2.75, 3.05) is 0 Å². The maximum absolute atomic E-state index is 6.40.